The number of likely N-dealkylation sites (N-methyl/N-ethyl adjacent to an activating group) is 1. The molecule has 1 heterocycles. The molecule has 0 fully saturated rings. The molecule has 0 aliphatic rings. The van der Waals surface area contributed by atoms with Crippen LogP contribution < -0.4 is 0 Å². The van der Waals surface area contributed by atoms with E-state index in [-0.39, 0.29) is 5.91 Å². The van der Waals surface area contributed by atoms with Gasteiger partial charge in [0.15, 0.2) is 0 Å². The van der Waals surface area contributed by atoms with E-state index in [2.05, 4.69) is 5.10 Å². The highest BCUT2D eigenvalue weighted by atomic mass is 16.4. The lowest BCUT2D eigenvalue weighted by atomic mass is 10.1. The molecular formula is C17H21N3O3. The first-order chi connectivity index (χ1) is 10.8. The van der Waals surface area contributed by atoms with Crippen molar-refractivity contribution in [1.29, 1.82) is 0 Å². The zero-order chi connectivity index (χ0) is 17.1. The molecule has 1 unspecified atom stereocenters. The number of aliphatic carboxylic acids is 1. The second-order valence-corrected chi connectivity index (χ2v) is 5.72. The molecule has 0 bridgehead atoms. The van der Waals surface area contributed by atoms with Crippen LogP contribution in [0, 0.1) is 13.8 Å². The Hall–Kier alpha value is -2.63. The van der Waals surface area contributed by atoms with Gasteiger partial charge in [-0.2, -0.15) is 5.10 Å². The van der Waals surface area contributed by atoms with Crippen LogP contribution in [0.2, 0.25) is 0 Å². The fourth-order valence-corrected chi connectivity index (χ4v) is 2.36. The highest BCUT2D eigenvalue weighted by Gasteiger charge is 2.22. The lowest BCUT2D eigenvalue weighted by Gasteiger charge is -2.21. The maximum absolute atomic E-state index is 12.4. The standard InChI is InChI=1S/C17H21N3O3/c1-11-8-12(2)20(18-11)10-14-6-5-7-15(9-14)16(21)19(4)13(3)17(22)23/h5-9,13H,10H2,1-4H3,(H,22,23). The molecule has 0 aliphatic carbocycles. The fraction of sp³-hybridized carbons (Fsp3) is 0.353. The third-order valence-electron chi connectivity index (χ3n) is 3.87. The number of rotatable bonds is 5. The summed E-state index contributed by atoms with van der Waals surface area (Å²) in [5.74, 6) is -1.34. The molecule has 0 spiro atoms. The summed E-state index contributed by atoms with van der Waals surface area (Å²) in [6.45, 7) is 5.97. The molecular weight excluding hydrogens is 294 g/mol. The summed E-state index contributed by atoms with van der Waals surface area (Å²) in [4.78, 5) is 24.7. The first-order valence-corrected chi connectivity index (χ1v) is 7.39. The van der Waals surface area contributed by atoms with Gasteiger partial charge in [-0.15, -0.1) is 0 Å². The Kier molecular flexibility index (Phi) is 4.83. The van der Waals surface area contributed by atoms with Gasteiger partial charge in [-0.05, 0) is 44.5 Å². The van der Waals surface area contributed by atoms with E-state index in [1.165, 1.54) is 18.9 Å². The Labute approximate surface area is 135 Å². The number of carboxylic acids is 1. The molecule has 2 aromatic rings. The van der Waals surface area contributed by atoms with E-state index in [1.807, 2.05) is 30.7 Å². The molecule has 0 radical (unpaired) electrons. The van der Waals surface area contributed by atoms with E-state index in [1.54, 1.807) is 18.2 Å². The second-order valence-electron chi connectivity index (χ2n) is 5.72. The van der Waals surface area contributed by atoms with Gasteiger partial charge in [0.2, 0.25) is 0 Å². The van der Waals surface area contributed by atoms with Crippen molar-refractivity contribution in [3.05, 3.63) is 52.8 Å². The minimum atomic E-state index is -1.03. The monoisotopic (exact) mass is 315 g/mol. The highest BCUT2D eigenvalue weighted by Crippen LogP contribution is 2.12. The quantitative estimate of drug-likeness (QED) is 0.917. The summed E-state index contributed by atoms with van der Waals surface area (Å²) in [6, 6.07) is 8.32. The molecule has 122 valence electrons. The average Bonchev–Trinajstić information content (AvgIpc) is 2.82. The number of hydrogen-bond acceptors (Lipinski definition) is 3. The Bertz CT molecular complexity index is 736. The molecule has 1 N–H and O–H groups in total. The second kappa shape index (κ2) is 6.64. The van der Waals surface area contributed by atoms with Crippen LogP contribution >= 0.6 is 0 Å². The summed E-state index contributed by atoms with van der Waals surface area (Å²) in [5, 5.41) is 13.4. The molecule has 2 rings (SSSR count). The Morgan fingerprint density at radius 1 is 1.30 bits per heavy atom. The minimum absolute atomic E-state index is 0.310. The van der Waals surface area contributed by atoms with Gasteiger partial charge >= 0.3 is 5.97 Å². The smallest absolute Gasteiger partial charge is 0.326 e. The molecule has 6 nitrogen and oxygen atoms in total. The SMILES string of the molecule is Cc1cc(C)n(Cc2cccc(C(=O)N(C)C(C)C(=O)O)c2)n1. The number of benzene rings is 1. The van der Waals surface area contributed by atoms with Crippen LogP contribution in [0.5, 0.6) is 0 Å². The topological polar surface area (TPSA) is 75.4 Å². The van der Waals surface area contributed by atoms with E-state index in [0.29, 0.717) is 12.1 Å². The van der Waals surface area contributed by atoms with Crippen molar-refractivity contribution < 1.29 is 14.7 Å². The van der Waals surface area contributed by atoms with Crippen LogP contribution in [0.3, 0.4) is 0 Å². The van der Waals surface area contributed by atoms with Crippen molar-refractivity contribution in [3.63, 3.8) is 0 Å². The molecule has 6 heteroatoms. The molecule has 0 aliphatic heterocycles. The highest BCUT2D eigenvalue weighted by molar-refractivity contribution is 5.96. The van der Waals surface area contributed by atoms with Crippen LogP contribution in [-0.4, -0.2) is 44.8 Å². The van der Waals surface area contributed by atoms with Crippen molar-refractivity contribution >= 4 is 11.9 Å². The number of hydrogen-bond donors (Lipinski definition) is 1. The van der Waals surface area contributed by atoms with E-state index in [9.17, 15) is 9.59 Å². The van der Waals surface area contributed by atoms with Crippen LogP contribution in [0.25, 0.3) is 0 Å². The lowest BCUT2D eigenvalue weighted by molar-refractivity contribution is -0.141. The third kappa shape index (κ3) is 3.77. The number of carbonyl (C=O) groups is 2. The van der Waals surface area contributed by atoms with Gasteiger partial charge < -0.3 is 10.0 Å². The van der Waals surface area contributed by atoms with Gasteiger partial charge in [0.25, 0.3) is 5.91 Å². The Balaban J connectivity index is 2.21. The molecule has 0 saturated carbocycles. The van der Waals surface area contributed by atoms with Crippen LogP contribution in [0.1, 0.15) is 34.2 Å². The first-order valence-electron chi connectivity index (χ1n) is 7.39. The van der Waals surface area contributed by atoms with Gasteiger partial charge in [0.05, 0.1) is 12.2 Å². The predicted molar refractivity (Wildman–Crippen MR) is 86.4 cm³/mol. The number of carbonyl (C=O) groups excluding carboxylic acids is 1. The predicted octanol–water partition coefficient (Wildman–Crippen LogP) is 2.09. The number of nitrogens with zero attached hydrogens (tertiary/aromatic N) is 3. The summed E-state index contributed by atoms with van der Waals surface area (Å²) in [6.07, 6.45) is 0. The molecule has 1 aromatic carbocycles. The van der Waals surface area contributed by atoms with Gasteiger partial charge in [0, 0.05) is 18.3 Å². The van der Waals surface area contributed by atoms with Crippen LogP contribution in [0.4, 0.5) is 0 Å². The summed E-state index contributed by atoms with van der Waals surface area (Å²) >= 11 is 0. The number of amides is 1. The van der Waals surface area contributed by atoms with E-state index < -0.39 is 12.0 Å². The maximum Gasteiger partial charge on any atom is 0.326 e. The van der Waals surface area contributed by atoms with Crippen molar-refractivity contribution in [2.45, 2.75) is 33.4 Å². The molecule has 23 heavy (non-hydrogen) atoms. The Morgan fingerprint density at radius 3 is 2.57 bits per heavy atom. The van der Waals surface area contributed by atoms with Gasteiger partial charge in [0.1, 0.15) is 6.04 Å². The maximum atomic E-state index is 12.4. The number of carboxylic acid groups (broad SMARTS) is 1. The molecule has 1 atom stereocenters. The van der Waals surface area contributed by atoms with Crippen molar-refractivity contribution in [3.8, 4) is 0 Å². The van der Waals surface area contributed by atoms with Crippen molar-refractivity contribution in [2.24, 2.45) is 0 Å². The van der Waals surface area contributed by atoms with Crippen molar-refractivity contribution in [1.82, 2.24) is 14.7 Å². The summed E-state index contributed by atoms with van der Waals surface area (Å²) in [5.41, 5.74) is 3.42. The number of aromatic nitrogens is 2. The van der Waals surface area contributed by atoms with Crippen LogP contribution in [0.15, 0.2) is 30.3 Å². The van der Waals surface area contributed by atoms with E-state index in [4.69, 9.17) is 5.11 Å². The molecule has 1 amide bonds. The third-order valence-corrected chi connectivity index (χ3v) is 3.87. The van der Waals surface area contributed by atoms with Gasteiger partial charge in [-0.3, -0.25) is 9.48 Å². The normalized spacial score (nSPS) is 12.0. The summed E-state index contributed by atoms with van der Waals surface area (Å²) in [7, 11) is 1.49. The number of aryl methyl sites for hydroxylation is 2. The largest absolute Gasteiger partial charge is 0.480 e. The molecule has 1 aromatic heterocycles. The molecule has 0 saturated heterocycles. The Morgan fingerprint density at radius 2 is 2.00 bits per heavy atom. The minimum Gasteiger partial charge on any atom is -0.480 e. The fourth-order valence-electron chi connectivity index (χ4n) is 2.36. The zero-order valence-electron chi connectivity index (χ0n) is 13.8. The van der Waals surface area contributed by atoms with E-state index >= 15 is 0 Å². The average molecular weight is 315 g/mol. The van der Waals surface area contributed by atoms with E-state index in [0.717, 1.165) is 17.0 Å². The summed E-state index contributed by atoms with van der Waals surface area (Å²) < 4.78 is 1.88. The van der Waals surface area contributed by atoms with Gasteiger partial charge in [-0.25, -0.2) is 4.79 Å². The first kappa shape index (κ1) is 16.7. The van der Waals surface area contributed by atoms with Crippen LogP contribution in [-0.2, 0) is 11.3 Å². The van der Waals surface area contributed by atoms with Crippen molar-refractivity contribution in [2.75, 3.05) is 7.05 Å². The lowest BCUT2D eigenvalue weighted by Crippen LogP contribution is -2.40. The zero-order valence-corrected chi connectivity index (χ0v) is 13.8. The van der Waals surface area contributed by atoms with Gasteiger partial charge in [-0.1, -0.05) is 12.1 Å².